The molecule has 4 unspecified atom stereocenters. The summed E-state index contributed by atoms with van der Waals surface area (Å²) in [5.74, 6) is 1.57. The molecule has 1 aliphatic rings. The van der Waals surface area contributed by atoms with Gasteiger partial charge in [-0.3, -0.25) is 5.32 Å². The fourth-order valence-corrected chi connectivity index (χ4v) is 3.22. The van der Waals surface area contributed by atoms with Crippen molar-refractivity contribution in [1.29, 1.82) is 0 Å². The Kier molecular flexibility index (Phi) is 7.14. The standard InChI is InChI=1S/C15H31NO/c1-4-9-14(16-15(17)5-2)13-11-8-6-7-10-12(13)3/h12-17H,4-11H2,1-3H3. The summed E-state index contributed by atoms with van der Waals surface area (Å²) >= 11 is 0. The van der Waals surface area contributed by atoms with E-state index in [0.29, 0.717) is 6.04 Å². The molecule has 0 aliphatic heterocycles. The molecule has 0 bridgehead atoms. The zero-order valence-corrected chi connectivity index (χ0v) is 11.9. The van der Waals surface area contributed by atoms with Crippen molar-refractivity contribution in [2.24, 2.45) is 11.8 Å². The SMILES string of the molecule is CCCC(NC(O)CC)C1CCCCCC1C. The van der Waals surface area contributed by atoms with Crippen molar-refractivity contribution in [2.45, 2.75) is 84.4 Å². The van der Waals surface area contributed by atoms with Gasteiger partial charge in [0.05, 0.1) is 0 Å². The van der Waals surface area contributed by atoms with Gasteiger partial charge in [0.25, 0.3) is 0 Å². The van der Waals surface area contributed by atoms with E-state index < -0.39 is 0 Å². The van der Waals surface area contributed by atoms with Gasteiger partial charge in [0.2, 0.25) is 0 Å². The van der Waals surface area contributed by atoms with Crippen molar-refractivity contribution < 1.29 is 5.11 Å². The lowest BCUT2D eigenvalue weighted by Crippen LogP contribution is -2.44. The maximum absolute atomic E-state index is 9.83. The van der Waals surface area contributed by atoms with Gasteiger partial charge in [-0.1, -0.05) is 52.9 Å². The molecule has 0 amide bonds. The highest BCUT2D eigenvalue weighted by Crippen LogP contribution is 2.32. The van der Waals surface area contributed by atoms with E-state index in [-0.39, 0.29) is 6.23 Å². The smallest absolute Gasteiger partial charge is 0.104 e. The normalized spacial score (nSPS) is 29.6. The summed E-state index contributed by atoms with van der Waals surface area (Å²) in [6.07, 6.45) is 9.78. The van der Waals surface area contributed by atoms with Crippen LogP contribution in [0.2, 0.25) is 0 Å². The molecule has 0 saturated heterocycles. The Balaban J connectivity index is 2.59. The van der Waals surface area contributed by atoms with Crippen molar-refractivity contribution >= 4 is 0 Å². The summed E-state index contributed by atoms with van der Waals surface area (Å²) in [7, 11) is 0. The van der Waals surface area contributed by atoms with Crippen molar-refractivity contribution in [3.63, 3.8) is 0 Å². The summed E-state index contributed by atoms with van der Waals surface area (Å²) in [5.41, 5.74) is 0. The molecule has 1 rings (SSSR count). The van der Waals surface area contributed by atoms with E-state index in [4.69, 9.17) is 0 Å². The minimum atomic E-state index is -0.318. The maximum Gasteiger partial charge on any atom is 0.104 e. The second kappa shape index (κ2) is 8.10. The predicted molar refractivity (Wildman–Crippen MR) is 73.9 cm³/mol. The van der Waals surface area contributed by atoms with Crippen LogP contribution in [0.5, 0.6) is 0 Å². The van der Waals surface area contributed by atoms with Gasteiger partial charge in [-0.2, -0.15) is 0 Å². The Labute approximate surface area is 107 Å². The fraction of sp³-hybridized carbons (Fsp3) is 1.00. The maximum atomic E-state index is 9.83. The zero-order chi connectivity index (χ0) is 12.7. The molecule has 0 spiro atoms. The molecule has 1 saturated carbocycles. The number of hydrogen-bond acceptors (Lipinski definition) is 2. The van der Waals surface area contributed by atoms with Crippen LogP contribution in [0.15, 0.2) is 0 Å². The number of nitrogens with one attached hydrogen (secondary N) is 1. The van der Waals surface area contributed by atoms with Crippen LogP contribution in [-0.2, 0) is 0 Å². The number of hydrogen-bond donors (Lipinski definition) is 2. The van der Waals surface area contributed by atoms with E-state index in [1.165, 1.54) is 44.9 Å². The molecule has 102 valence electrons. The predicted octanol–water partition coefficient (Wildman–Crippen LogP) is 3.69. The van der Waals surface area contributed by atoms with E-state index in [2.05, 4.69) is 19.2 Å². The highest BCUT2D eigenvalue weighted by atomic mass is 16.3. The molecule has 17 heavy (non-hydrogen) atoms. The highest BCUT2D eigenvalue weighted by Gasteiger charge is 2.28. The molecular formula is C15H31NO. The van der Waals surface area contributed by atoms with Crippen molar-refractivity contribution in [2.75, 3.05) is 0 Å². The summed E-state index contributed by atoms with van der Waals surface area (Å²) < 4.78 is 0. The third-order valence-electron chi connectivity index (χ3n) is 4.34. The first-order chi connectivity index (χ1) is 8.19. The summed E-state index contributed by atoms with van der Waals surface area (Å²) in [6, 6.07) is 0.517. The molecule has 0 heterocycles. The molecule has 2 heteroatoms. The molecule has 2 N–H and O–H groups in total. The van der Waals surface area contributed by atoms with Crippen LogP contribution < -0.4 is 5.32 Å². The van der Waals surface area contributed by atoms with E-state index in [1.807, 2.05) is 6.92 Å². The summed E-state index contributed by atoms with van der Waals surface area (Å²) in [4.78, 5) is 0. The lowest BCUT2D eigenvalue weighted by Gasteiger charge is -2.33. The molecule has 0 aromatic rings. The lowest BCUT2D eigenvalue weighted by molar-refractivity contribution is 0.0901. The van der Waals surface area contributed by atoms with Crippen LogP contribution >= 0.6 is 0 Å². The monoisotopic (exact) mass is 241 g/mol. The van der Waals surface area contributed by atoms with Crippen molar-refractivity contribution in [3.8, 4) is 0 Å². The number of aliphatic hydroxyl groups excluding tert-OH is 1. The second-order valence-electron chi connectivity index (χ2n) is 5.77. The topological polar surface area (TPSA) is 32.3 Å². The lowest BCUT2D eigenvalue weighted by atomic mass is 9.81. The highest BCUT2D eigenvalue weighted by molar-refractivity contribution is 4.82. The van der Waals surface area contributed by atoms with Gasteiger partial charge in [-0.15, -0.1) is 0 Å². The molecule has 0 radical (unpaired) electrons. The molecular weight excluding hydrogens is 210 g/mol. The van der Waals surface area contributed by atoms with Crippen LogP contribution in [0, 0.1) is 11.8 Å². The van der Waals surface area contributed by atoms with Gasteiger partial charge in [0, 0.05) is 6.04 Å². The van der Waals surface area contributed by atoms with Crippen LogP contribution in [-0.4, -0.2) is 17.4 Å². The quantitative estimate of drug-likeness (QED) is 0.549. The van der Waals surface area contributed by atoms with Crippen LogP contribution in [0.4, 0.5) is 0 Å². The molecule has 4 atom stereocenters. The molecule has 1 fully saturated rings. The molecule has 0 aromatic carbocycles. The zero-order valence-electron chi connectivity index (χ0n) is 11.9. The van der Waals surface area contributed by atoms with Gasteiger partial charge in [0.1, 0.15) is 6.23 Å². The Morgan fingerprint density at radius 3 is 2.53 bits per heavy atom. The number of aliphatic hydroxyl groups is 1. The van der Waals surface area contributed by atoms with Crippen molar-refractivity contribution in [1.82, 2.24) is 5.32 Å². The van der Waals surface area contributed by atoms with Gasteiger partial charge < -0.3 is 5.11 Å². The van der Waals surface area contributed by atoms with E-state index in [9.17, 15) is 5.11 Å². The Morgan fingerprint density at radius 2 is 1.88 bits per heavy atom. The molecule has 1 aliphatic carbocycles. The summed E-state index contributed by atoms with van der Waals surface area (Å²) in [6.45, 7) is 6.68. The Hall–Kier alpha value is -0.0800. The first-order valence-corrected chi connectivity index (χ1v) is 7.63. The van der Waals surface area contributed by atoms with Crippen LogP contribution in [0.25, 0.3) is 0 Å². The first-order valence-electron chi connectivity index (χ1n) is 7.63. The second-order valence-corrected chi connectivity index (χ2v) is 5.77. The fourth-order valence-electron chi connectivity index (χ4n) is 3.22. The Morgan fingerprint density at radius 1 is 1.18 bits per heavy atom. The van der Waals surface area contributed by atoms with E-state index in [0.717, 1.165) is 18.3 Å². The third kappa shape index (κ3) is 4.97. The average Bonchev–Trinajstić information content (AvgIpc) is 2.53. The average molecular weight is 241 g/mol. The van der Waals surface area contributed by atoms with Gasteiger partial charge in [-0.05, 0) is 31.1 Å². The molecule has 0 aromatic heterocycles. The number of rotatable bonds is 6. The molecule has 2 nitrogen and oxygen atoms in total. The largest absolute Gasteiger partial charge is 0.379 e. The van der Waals surface area contributed by atoms with Crippen LogP contribution in [0.3, 0.4) is 0 Å². The van der Waals surface area contributed by atoms with E-state index >= 15 is 0 Å². The Bertz CT molecular complexity index is 195. The van der Waals surface area contributed by atoms with Crippen LogP contribution in [0.1, 0.15) is 72.1 Å². The third-order valence-corrected chi connectivity index (χ3v) is 4.34. The van der Waals surface area contributed by atoms with Crippen molar-refractivity contribution in [3.05, 3.63) is 0 Å². The first kappa shape index (κ1) is 15.0. The summed E-state index contributed by atoms with van der Waals surface area (Å²) in [5, 5.41) is 13.3. The minimum absolute atomic E-state index is 0.318. The van der Waals surface area contributed by atoms with Gasteiger partial charge in [0.15, 0.2) is 0 Å². The van der Waals surface area contributed by atoms with Gasteiger partial charge in [-0.25, -0.2) is 0 Å². The minimum Gasteiger partial charge on any atom is -0.379 e. The van der Waals surface area contributed by atoms with Gasteiger partial charge >= 0.3 is 0 Å². The van der Waals surface area contributed by atoms with E-state index in [1.54, 1.807) is 0 Å².